The third kappa shape index (κ3) is 4.70. The van der Waals surface area contributed by atoms with Crippen LogP contribution in [-0.4, -0.2) is 90.2 Å². The highest BCUT2D eigenvalue weighted by atomic mass is 35.5. The number of carbonyl (C=O) groups excluding carboxylic acids is 3. The van der Waals surface area contributed by atoms with Gasteiger partial charge in [-0.3, -0.25) is 19.3 Å². The second-order valence-electron chi connectivity index (χ2n) is 9.20. The molecule has 8 nitrogen and oxygen atoms in total. The molecule has 5 rings (SSSR count). The molecule has 3 aliphatic heterocycles. The Hall–Kier alpha value is -3.01. The van der Waals surface area contributed by atoms with Crippen LogP contribution in [0.3, 0.4) is 0 Å². The third-order valence-electron chi connectivity index (χ3n) is 7.06. The standard InChI is InChI=1S/C26H27ClFN3O5/c27-20-5-1-3-18(15-20)23(32)29-9-7-26(8-10-29)31(24(33)19-4-2-6-21(28)16-19)22(17-36-26)25(34)30-11-13-35-14-12-30/h1-6,15-16,22H,7-14,17H2. The third-order valence-corrected chi connectivity index (χ3v) is 7.30. The summed E-state index contributed by atoms with van der Waals surface area (Å²) in [5.74, 6) is -1.37. The maximum atomic E-state index is 14.0. The highest BCUT2D eigenvalue weighted by Gasteiger charge is 2.55. The van der Waals surface area contributed by atoms with Crippen molar-refractivity contribution in [1.29, 1.82) is 0 Å². The number of hydrogen-bond donors (Lipinski definition) is 0. The molecular weight excluding hydrogens is 489 g/mol. The van der Waals surface area contributed by atoms with Gasteiger partial charge in [0.15, 0.2) is 0 Å². The van der Waals surface area contributed by atoms with Crippen molar-refractivity contribution in [1.82, 2.24) is 14.7 Å². The fourth-order valence-electron chi connectivity index (χ4n) is 5.17. The van der Waals surface area contributed by atoms with Crippen molar-refractivity contribution in [3.8, 4) is 0 Å². The van der Waals surface area contributed by atoms with E-state index in [-0.39, 0.29) is 24.0 Å². The normalized spacial score (nSPS) is 21.6. The summed E-state index contributed by atoms with van der Waals surface area (Å²) >= 11 is 6.05. The van der Waals surface area contributed by atoms with Crippen molar-refractivity contribution in [2.24, 2.45) is 0 Å². The van der Waals surface area contributed by atoms with Crippen LogP contribution in [-0.2, 0) is 14.3 Å². The molecule has 0 aliphatic carbocycles. The zero-order valence-electron chi connectivity index (χ0n) is 19.7. The summed E-state index contributed by atoms with van der Waals surface area (Å²) in [5.41, 5.74) is -0.433. The van der Waals surface area contributed by atoms with E-state index in [1.54, 1.807) is 34.1 Å². The Morgan fingerprint density at radius 2 is 1.56 bits per heavy atom. The molecule has 0 N–H and O–H groups in total. The molecule has 3 aliphatic rings. The Bertz CT molecular complexity index is 1160. The van der Waals surface area contributed by atoms with Crippen molar-refractivity contribution >= 4 is 29.3 Å². The van der Waals surface area contributed by atoms with Crippen molar-refractivity contribution < 1.29 is 28.2 Å². The number of amides is 3. The van der Waals surface area contributed by atoms with E-state index >= 15 is 0 Å². The molecule has 2 aromatic rings. The molecule has 1 unspecified atom stereocenters. The van der Waals surface area contributed by atoms with Gasteiger partial charge in [0.2, 0.25) is 5.91 Å². The fraction of sp³-hybridized carbons (Fsp3) is 0.423. The van der Waals surface area contributed by atoms with E-state index in [0.29, 0.717) is 62.8 Å². The average molecular weight is 516 g/mol. The highest BCUT2D eigenvalue weighted by molar-refractivity contribution is 6.30. The summed E-state index contributed by atoms with van der Waals surface area (Å²) in [5, 5.41) is 0.477. The van der Waals surface area contributed by atoms with Gasteiger partial charge >= 0.3 is 0 Å². The van der Waals surface area contributed by atoms with Crippen LogP contribution >= 0.6 is 11.6 Å². The molecule has 2 aromatic carbocycles. The molecule has 0 bridgehead atoms. The number of morpholine rings is 1. The maximum Gasteiger partial charge on any atom is 0.256 e. The minimum Gasteiger partial charge on any atom is -0.378 e. The van der Waals surface area contributed by atoms with Gasteiger partial charge in [0.25, 0.3) is 11.8 Å². The average Bonchev–Trinajstić information content (AvgIpc) is 3.26. The van der Waals surface area contributed by atoms with E-state index in [4.69, 9.17) is 21.1 Å². The Labute approximate surface area is 213 Å². The van der Waals surface area contributed by atoms with E-state index in [9.17, 15) is 18.8 Å². The molecule has 3 saturated heterocycles. The van der Waals surface area contributed by atoms with Gasteiger partial charge in [0.1, 0.15) is 17.6 Å². The van der Waals surface area contributed by atoms with Crippen LogP contribution in [0.1, 0.15) is 33.6 Å². The number of rotatable bonds is 3. The smallest absolute Gasteiger partial charge is 0.256 e. The van der Waals surface area contributed by atoms with E-state index in [1.807, 2.05) is 0 Å². The summed E-state index contributed by atoms with van der Waals surface area (Å²) in [6.45, 7) is 2.44. The van der Waals surface area contributed by atoms with Crippen LogP contribution in [0, 0.1) is 5.82 Å². The molecule has 0 aromatic heterocycles. The van der Waals surface area contributed by atoms with E-state index in [1.165, 1.54) is 29.2 Å². The molecular formula is C26H27ClFN3O5. The molecule has 190 valence electrons. The Morgan fingerprint density at radius 1 is 0.889 bits per heavy atom. The van der Waals surface area contributed by atoms with Gasteiger partial charge in [-0.2, -0.15) is 0 Å². The number of nitrogens with zero attached hydrogens (tertiary/aromatic N) is 3. The SMILES string of the molecule is O=C(c1cccc(Cl)c1)N1CCC2(CC1)OCC(C(=O)N1CCOCC1)N2C(=O)c1cccc(F)c1. The Morgan fingerprint density at radius 3 is 2.22 bits per heavy atom. The molecule has 3 heterocycles. The summed E-state index contributed by atoms with van der Waals surface area (Å²) in [7, 11) is 0. The van der Waals surface area contributed by atoms with Crippen LogP contribution in [0.25, 0.3) is 0 Å². The van der Waals surface area contributed by atoms with Gasteiger partial charge in [-0.05, 0) is 36.4 Å². The highest BCUT2D eigenvalue weighted by Crippen LogP contribution is 2.39. The first-order valence-corrected chi connectivity index (χ1v) is 12.4. The predicted octanol–water partition coefficient (Wildman–Crippen LogP) is 2.81. The molecule has 1 spiro atoms. The largest absolute Gasteiger partial charge is 0.378 e. The summed E-state index contributed by atoms with van der Waals surface area (Å²) in [4.78, 5) is 45.1. The van der Waals surface area contributed by atoms with E-state index in [0.717, 1.165) is 0 Å². The molecule has 0 saturated carbocycles. The molecule has 36 heavy (non-hydrogen) atoms. The van der Waals surface area contributed by atoms with Crippen LogP contribution < -0.4 is 0 Å². The minimum absolute atomic E-state index is 0.0412. The van der Waals surface area contributed by atoms with Crippen molar-refractivity contribution in [2.45, 2.75) is 24.6 Å². The van der Waals surface area contributed by atoms with Crippen LogP contribution in [0.15, 0.2) is 48.5 Å². The van der Waals surface area contributed by atoms with Gasteiger partial charge in [0.05, 0.1) is 19.8 Å². The lowest BCUT2D eigenvalue weighted by Gasteiger charge is -2.45. The number of likely N-dealkylation sites (tertiary alicyclic amines) is 1. The lowest BCUT2D eigenvalue weighted by atomic mass is 9.96. The van der Waals surface area contributed by atoms with Crippen LogP contribution in [0.5, 0.6) is 0 Å². The lowest BCUT2D eigenvalue weighted by Crippen LogP contribution is -2.60. The maximum absolute atomic E-state index is 14.0. The van der Waals surface area contributed by atoms with Crippen LogP contribution in [0.2, 0.25) is 5.02 Å². The van der Waals surface area contributed by atoms with Gasteiger partial charge < -0.3 is 19.3 Å². The number of hydrogen-bond acceptors (Lipinski definition) is 5. The van der Waals surface area contributed by atoms with E-state index in [2.05, 4.69) is 0 Å². The quantitative estimate of drug-likeness (QED) is 0.628. The zero-order chi connectivity index (χ0) is 25.3. The van der Waals surface area contributed by atoms with Crippen LogP contribution in [0.4, 0.5) is 4.39 Å². The second kappa shape index (κ2) is 10.2. The first kappa shape index (κ1) is 24.7. The van der Waals surface area contributed by atoms with Gasteiger partial charge in [-0.15, -0.1) is 0 Å². The fourth-order valence-corrected chi connectivity index (χ4v) is 5.36. The predicted molar refractivity (Wildman–Crippen MR) is 129 cm³/mol. The molecule has 10 heteroatoms. The Balaban J connectivity index is 1.40. The summed E-state index contributed by atoms with van der Waals surface area (Å²) in [6.07, 6.45) is 0.653. The number of benzene rings is 2. The lowest BCUT2D eigenvalue weighted by molar-refractivity contribution is -0.141. The number of piperidine rings is 1. The van der Waals surface area contributed by atoms with Gasteiger partial charge in [0, 0.05) is 55.2 Å². The van der Waals surface area contributed by atoms with Gasteiger partial charge in [-0.25, -0.2) is 4.39 Å². The Kier molecular flexibility index (Phi) is 6.96. The van der Waals surface area contributed by atoms with Crippen molar-refractivity contribution in [3.05, 3.63) is 70.5 Å². The molecule has 3 fully saturated rings. The number of ether oxygens (including phenoxy) is 2. The monoisotopic (exact) mass is 515 g/mol. The second-order valence-corrected chi connectivity index (χ2v) is 9.64. The number of halogens is 2. The first-order chi connectivity index (χ1) is 17.4. The summed E-state index contributed by atoms with van der Waals surface area (Å²) < 4.78 is 25.6. The van der Waals surface area contributed by atoms with E-state index < -0.39 is 23.5 Å². The van der Waals surface area contributed by atoms with Crippen molar-refractivity contribution in [2.75, 3.05) is 46.0 Å². The summed E-state index contributed by atoms with van der Waals surface area (Å²) in [6, 6.07) is 11.4. The first-order valence-electron chi connectivity index (χ1n) is 12.0. The topological polar surface area (TPSA) is 79.4 Å². The molecule has 3 amide bonds. The van der Waals surface area contributed by atoms with Crippen molar-refractivity contribution in [3.63, 3.8) is 0 Å². The van der Waals surface area contributed by atoms with Gasteiger partial charge in [-0.1, -0.05) is 23.7 Å². The number of carbonyl (C=O) groups is 3. The minimum atomic E-state index is -1.07. The zero-order valence-corrected chi connectivity index (χ0v) is 20.5. The molecule has 0 radical (unpaired) electrons. The molecule has 1 atom stereocenters.